The van der Waals surface area contributed by atoms with Gasteiger partial charge in [-0.15, -0.1) is 0 Å². The van der Waals surface area contributed by atoms with Crippen molar-refractivity contribution in [1.82, 2.24) is 4.57 Å². The van der Waals surface area contributed by atoms with Crippen LogP contribution in [0.15, 0.2) is 59.4 Å². The van der Waals surface area contributed by atoms with E-state index in [1.54, 1.807) is 0 Å². The second-order valence-corrected chi connectivity index (χ2v) is 5.29. The van der Waals surface area contributed by atoms with Crippen molar-refractivity contribution in [2.24, 2.45) is 0 Å². The Morgan fingerprint density at radius 2 is 1.55 bits per heavy atom. The molecule has 2 heterocycles. The van der Waals surface area contributed by atoms with Gasteiger partial charge in [0.1, 0.15) is 0 Å². The van der Waals surface area contributed by atoms with Crippen LogP contribution in [0.5, 0.6) is 0 Å². The Morgan fingerprint density at radius 3 is 2.35 bits per heavy atom. The van der Waals surface area contributed by atoms with Gasteiger partial charge in [-0.1, -0.05) is 48.5 Å². The fourth-order valence-electron chi connectivity index (χ4n) is 3.27. The Labute approximate surface area is 117 Å². The van der Waals surface area contributed by atoms with Crippen LogP contribution in [0, 0.1) is 0 Å². The summed E-state index contributed by atoms with van der Waals surface area (Å²) in [7, 11) is 0. The maximum Gasteiger partial charge on any atom is 0.258 e. The Morgan fingerprint density at radius 1 is 0.850 bits per heavy atom. The maximum atomic E-state index is 12.6. The molecular weight excluding hydrogens is 246 g/mol. The van der Waals surface area contributed by atoms with Crippen LogP contribution in [-0.2, 0) is 13.0 Å². The van der Waals surface area contributed by atoms with Crippen LogP contribution in [0.1, 0.15) is 12.1 Å². The van der Waals surface area contributed by atoms with E-state index in [-0.39, 0.29) is 5.56 Å². The highest BCUT2D eigenvalue weighted by molar-refractivity contribution is 5.97. The smallest absolute Gasteiger partial charge is 0.258 e. The first-order valence-electron chi connectivity index (χ1n) is 7.06. The molecule has 0 atom stereocenters. The molecule has 0 radical (unpaired) electrons. The van der Waals surface area contributed by atoms with Crippen molar-refractivity contribution in [1.29, 1.82) is 0 Å². The molecule has 0 aliphatic carbocycles. The summed E-state index contributed by atoms with van der Waals surface area (Å²) in [6.07, 6.45) is 2.05. The fraction of sp³-hybridized carbons (Fsp3) is 0.167. The van der Waals surface area contributed by atoms with Crippen molar-refractivity contribution in [2.75, 3.05) is 0 Å². The minimum atomic E-state index is 0.160. The van der Waals surface area contributed by atoms with E-state index >= 15 is 0 Å². The van der Waals surface area contributed by atoms with Crippen LogP contribution < -0.4 is 5.56 Å². The minimum Gasteiger partial charge on any atom is -0.311 e. The average Bonchev–Trinajstić information content (AvgIpc) is 2.98. The molecule has 2 heteroatoms. The number of hydrogen-bond acceptors (Lipinski definition) is 1. The van der Waals surface area contributed by atoms with Crippen LogP contribution in [0.4, 0.5) is 0 Å². The Balaban J connectivity index is 2.20. The number of fused-ring (bicyclic) bond motifs is 2. The van der Waals surface area contributed by atoms with Crippen LogP contribution in [-0.4, -0.2) is 4.57 Å². The molecule has 2 aromatic carbocycles. The third kappa shape index (κ3) is 1.54. The second kappa shape index (κ2) is 4.34. The highest BCUT2D eigenvalue weighted by atomic mass is 16.1. The van der Waals surface area contributed by atoms with Gasteiger partial charge in [-0.2, -0.15) is 0 Å². The average molecular weight is 261 g/mol. The summed E-state index contributed by atoms with van der Waals surface area (Å²) >= 11 is 0. The van der Waals surface area contributed by atoms with Crippen LogP contribution in [0.2, 0.25) is 0 Å². The molecule has 2 nitrogen and oxygen atoms in total. The van der Waals surface area contributed by atoms with Crippen LogP contribution in [0.25, 0.3) is 21.9 Å². The molecule has 0 fully saturated rings. The van der Waals surface area contributed by atoms with E-state index in [9.17, 15) is 4.79 Å². The molecule has 1 aliphatic heterocycles. The summed E-state index contributed by atoms with van der Waals surface area (Å²) in [6.45, 7) is 0.846. The van der Waals surface area contributed by atoms with E-state index in [1.165, 1.54) is 16.8 Å². The van der Waals surface area contributed by atoms with Crippen LogP contribution >= 0.6 is 0 Å². The predicted octanol–water partition coefficient (Wildman–Crippen LogP) is 3.61. The van der Waals surface area contributed by atoms with Gasteiger partial charge < -0.3 is 4.57 Å². The van der Waals surface area contributed by atoms with Gasteiger partial charge in [0, 0.05) is 23.2 Å². The van der Waals surface area contributed by atoms with Gasteiger partial charge in [-0.05, 0) is 29.9 Å². The standard InChI is InChI=1S/C18H15NO/c20-18-15-10-5-4-9-14(15)17(13-7-2-1-3-8-13)16-11-6-12-19(16)18/h1-5,7-10H,6,11-12H2. The number of rotatable bonds is 1. The molecule has 0 amide bonds. The first-order valence-corrected chi connectivity index (χ1v) is 7.06. The monoisotopic (exact) mass is 261 g/mol. The minimum absolute atomic E-state index is 0.160. The fourth-order valence-corrected chi connectivity index (χ4v) is 3.27. The van der Waals surface area contributed by atoms with Crippen LogP contribution in [0.3, 0.4) is 0 Å². The highest BCUT2D eigenvalue weighted by Crippen LogP contribution is 2.33. The van der Waals surface area contributed by atoms with Gasteiger partial charge in [0.05, 0.1) is 0 Å². The molecule has 98 valence electrons. The lowest BCUT2D eigenvalue weighted by Gasteiger charge is -2.14. The third-order valence-corrected chi connectivity index (χ3v) is 4.14. The Bertz CT molecular complexity index is 846. The number of hydrogen-bond donors (Lipinski definition) is 0. The lowest BCUT2D eigenvalue weighted by molar-refractivity contribution is 0.727. The lowest BCUT2D eigenvalue weighted by Crippen LogP contribution is -2.20. The predicted molar refractivity (Wildman–Crippen MR) is 82.0 cm³/mol. The van der Waals surface area contributed by atoms with E-state index in [1.807, 2.05) is 28.8 Å². The summed E-state index contributed by atoms with van der Waals surface area (Å²) in [4.78, 5) is 12.6. The first kappa shape index (κ1) is 11.5. The summed E-state index contributed by atoms with van der Waals surface area (Å²) in [5, 5.41) is 1.91. The summed E-state index contributed by atoms with van der Waals surface area (Å²) in [5.74, 6) is 0. The third-order valence-electron chi connectivity index (χ3n) is 4.14. The van der Waals surface area contributed by atoms with Crippen molar-refractivity contribution in [3.05, 3.63) is 70.6 Å². The molecule has 0 spiro atoms. The zero-order chi connectivity index (χ0) is 13.5. The van der Waals surface area contributed by atoms with Gasteiger partial charge in [-0.25, -0.2) is 0 Å². The summed E-state index contributed by atoms with van der Waals surface area (Å²) in [5.41, 5.74) is 3.79. The van der Waals surface area contributed by atoms with Gasteiger partial charge in [-0.3, -0.25) is 4.79 Å². The van der Waals surface area contributed by atoms with Gasteiger partial charge in [0.25, 0.3) is 5.56 Å². The quantitative estimate of drug-likeness (QED) is 0.656. The highest BCUT2D eigenvalue weighted by Gasteiger charge is 2.20. The molecule has 0 bridgehead atoms. The van der Waals surface area contributed by atoms with Crippen molar-refractivity contribution in [3.8, 4) is 11.1 Å². The Kier molecular flexibility index (Phi) is 2.49. The van der Waals surface area contributed by atoms with Crippen molar-refractivity contribution in [3.63, 3.8) is 0 Å². The molecular formula is C18H15NO. The van der Waals surface area contributed by atoms with Crippen molar-refractivity contribution in [2.45, 2.75) is 19.4 Å². The zero-order valence-corrected chi connectivity index (χ0v) is 11.2. The molecule has 1 aliphatic rings. The normalized spacial score (nSPS) is 13.6. The van der Waals surface area contributed by atoms with Gasteiger partial charge in [0.2, 0.25) is 0 Å². The molecule has 0 N–H and O–H groups in total. The molecule has 3 aromatic rings. The van der Waals surface area contributed by atoms with Crippen molar-refractivity contribution < 1.29 is 0 Å². The topological polar surface area (TPSA) is 22.0 Å². The number of aromatic nitrogens is 1. The van der Waals surface area contributed by atoms with Gasteiger partial charge >= 0.3 is 0 Å². The van der Waals surface area contributed by atoms with E-state index in [2.05, 4.69) is 30.3 Å². The van der Waals surface area contributed by atoms with E-state index < -0.39 is 0 Å². The van der Waals surface area contributed by atoms with E-state index in [0.29, 0.717) is 0 Å². The number of benzene rings is 2. The lowest BCUT2D eigenvalue weighted by atomic mass is 9.96. The van der Waals surface area contributed by atoms with E-state index in [0.717, 1.165) is 30.2 Å². The Hall–Kier alpha value is -2.35. The molecule has 0 unspecified atom stereocenters. The molecule has 1 aromatic heterocycles. The SMILES string of the molecule is O=c1c2ccccc2c(-c2ccccc2)c2n1CCC2. The maximum absolute atomic E-state index is 12.6. The summed E-state index contributed by atoms with van der Waals surface area (Å²) in [6, 6.07) is 18.4. The van der Waals surface area contributed by atoms with Gasteiger partial charge in [0.15, 0.2) is 0 Å². The molecule has 0 saturated carbocycles. The number of pyridine rings is 1. The number of nitrogens with zero attached hydrogens (tertiary/aromatic N) is 1. The largest absolute Gasteiger partial charge is 0.311 e. The van der Waals surface area contributed by atoms with Crippen molar-refractivity contribution >= 4 is 10.8 Å². The molecule has 20 heavy (non-hydrogen) atoms. The zero-order valence-electron chi connectivity index (χ0n) is 11.2. The second-order valence-electron chi connectivity index (χ2n) is 5.29. The summed E-state index contributed by atoms with van der Waals surface area (Å²) < 4.78 is 1.96. The van der Waals surface area contributed by atoms with E-state index in [4.69, 9.17) is 0 Å². The molecule has 0 saturated heterocycles. The first-order chi connectivity index (χ1) is 9.86. The molecule has 4 rings (SSSR count).